The molecule has 1 N–H and O–H groups in total. The molecule has 0 unspecified atom stereocenters. The molecule has 0 amide bonds. The molecule has 1 fully saturated rings. The van der Waals surface area contributed by atoms with Crippen LogP contribution in [0.5, 0.6) is 0 Å². The Morgan fingerprint density at radius 1 is 1.44 bits per heavy atom. The Morgan fingerprint density at radius 2 is 2.06 bits per heavy atom. The first-order chi connectivity index (χ1) is 7.41. The fourth-order valence-corrected chi connectivity index (χ4v) is 4.35. The minimum absolute atomic E-state index is 0.438. The maximum atomic E-state index is 11.4. The number of nitrogens with one attached hydrogen (secondary N) is 1. The van der Waals surface area contributed by atoms with Gasteiger partial charge in [0, 0.05) is 11.1 Å². The van der Waals surface area contributed by atoms with Gasteiger partial charge in [-0.3, -0.25) is 0 Å². The number of sulfonamides is 1. The summed E-state index contributed by atoms with van der Waals surface area (Å²) in [7, 11) is -3.19. The van der Waals surface area contributed by atoms with Crippen LogP contribution in [0, 0.1) is 6.92 Å². The normalized spacial score (nSPS) is 20.1. The highest BCUT2D eigenvalue weighted by molar-refractivity contribution is 7.88. The Hall–Kier alpha value is -0.460. The molecule has 0 bridgehead atoms. The molecule has 6 heteroatoms. The molecule has 1 heterocycles. The highest BCUT2D eigenvalue weighted by atomic mass is 32.2. The lowest BCUT2D eigenvalue weighted by Gasteiger charge is -2.26. The summed E-state index contributed by atoms with van der Waals surface area (Å²) in [5.74, 6) is 0. The average molecular weight is 260 g/mol. The van der Waals surface area contributed by atoms with Crippen LogP contribution in [-0.4, -0.2) is 19.7 Å². The van der Waals surface area contributed by atoms with E-state index in [4.69, 9.17) is 0 Å². The van der Waals surface area contributed by atoms with Crippen LogP contribution < -0.4 is 4.72 Å². The van der Waals surface area contributed by atoms with Crippen molar-refractivity contribution < 1.29 is 8.42 Å². The summed E-state index contributed by atoms with van der Waals surface area (Å²) in [6, 6.07) is 0. The Labute approximate surface area is 100 Å². The molecule has 0 radical (unpaired) electrons. The van der Waals surface area contributed by atoms with Crippen LogP contribution in [0.15, 0.2) is 5.38 Å². The number of nitrogens with zero attached hydrogens (tertiary/aromatic N) is 1. The highest BCUT2D eigenvalue weighted by Gasteiger charge is 2.40. The fraction of sp³-hybridized carbons (Fsp3) is 0.700. The predicted molar refractivity (Wildman–Crippen MR) is 65.0 cm³/mol. The lowest BCUT2D eigenvalue weighted by Crippen LogP contribution is -2.43. The van der Waals surface area contributed by atoms with E-state index in [9.17, 15) is 8.42 Å². The van der Waals surface area contributed by atoms with E-state index >= 15 is 0 Å². The van der Waals surface area contributed by atoms with Gasteiger partial charge in [-0.1, -0.05) is 12.8 Å². The zero-order valence-corrected chi connectivity index (χ0v) is 11.1. The molecule has 4 nitrogen and oxygen atoms in total. The Balaban J connectivity index is 2.36. The van der Waals surface area contributed by atoms with Gasteiger partial charge in [0.15, 0.2) is 0 Å². The van der Waals surface area contributed by atoms with Gasteiger partial charge < -0.3 is 0 Å². The molecule has 0 spiro atoms. The lowest BCUT2D eigenvalue weighted by molar-refractivity contribution is 0.403. The van der Waals surface area contributed by atoms with E-state index in [0.717, 1.165) is 36.4 Å². The Morgan fingerprint density at radius 3 is 2.50 bits per heavy atom. The summed E-state index contributed by atoms with van der Waals surface area (Å²) in [6.45, 7) is 1.93. The summed E-state index contributed by atoms with van der Waals surface area (Å²) < 4.78 is 25.7. The molecule has 1 aromatic heterocycles. The standard InChI is InChI=1S/C10H16N2O2S2/c1-8-7-15-9(11-8)10(5-3-4-6-10)12-16(2,13)14/h7,12H,3-6H2,1-2H3. The topological polar surface area (TPSA) is 59.1 Å². The summed E-state index contributed by atoms with van der Waals surface area (Å²) in [6.07, 6.45) is 5.04. The van der Waals surface area contributed by atoms with Gasteiger partial charge >= 0.3 is 0 Å². The first-order valence-corrected chi connectivity index (χ1v) is 8.10. The van der Waals surface area contributed by atoms with Crippen molar-refractivity contribution in [3.05, 3.63) is 16.1 Å². The van der Waals surface area contributed by atoms with Crippen LogP contribution in [0.3, 0.4) is 0 Å². The van der Waals surface area contributed by atoms with Crippen molar-refractivity contribution in [2.75, 3.05) is 6.26 Å². The van der Waals surface area contributed by atoms with Gasteiger partial charge in [-0.2, -0.15) is 0 Å². The highest BCUT2D eigenvalue weighted by Crippen LogP contribution is 2.40. The number of rotatable bonds is 3. The maximum absolute atomic E-state index is 11.4. The number of aromatic nitrogens is 1. The minimum Gasteiger partial charge on any atom is -0.245 e. The van der Waals surface area contributed by atoms with E-state index in [1.165, 1.54) is 6.26 Å². The van der Waals surface area contributed by atoms with Crippen molar-refractivity contribution in [2.24, 2.45) is 0 Å². The molecule has 1 saturated carbocycles. The largest absolute Gasteiger partial charge is 0.245 e. The van der Waals surface area contributed by atoms with Crippen molar-refractivity contribution in [2.45, 2.75) is 38.1 Å². The number of thiazole rings is 1. The van der Waals surface area contributed by atoms with Crippen LogP contribution in [0.2, 0.25) is 0 Å². The van der Waals surface area contributed by atoms with Gasteiger partial charge in [0.05, 0.1) is 11.8 Å². The van der Waals surface area contributed by atoms with Crippen molar-refractivity contribution in [3.8, 4) is 0 Å². The smallest absolute Gasteiger partial charge is 0.209 e. The van der Waals surface area contributed by atoms with Gasteiger partial charge in [0.1, 0.15) is 5.01 Å². The van der Waals surface area contributed by atoms with Gasteiger partial charge in [0.25, 0.3) is 0 Å². The first kappa shape index (κ1) is 12.0. The van der Waals surface area contributed by atoms with Crippen LogP contribution in [0.25, 0.3) is 0 Å². The molecule has 1 aliphatic rings. The third kappa shape index (κ3) is 2.44. The molecular formula is C10H16N2O2S2. The monoisotopic (exact) mass is 260 g/mol. The van der Waals surface area contributed by atoms with E-state index in [0.29, 0.717) is 0 Å². The van der Waals surface area contributed by atoms with E-state index < -0.39 is 15.6 Å². The van der Waals surface area contributed by atoms with Crippen molar-refractivity contribution in [3.63, 3.8) is 0 Å². The van der Waals surface area contributed by atoms with E-state index in [1.54, 1.807) is 11.3 Å². The summed E-state index contributed by atoms with van der Waals surface area (Å²) in [4.78, 5) is 4.44. The number of hydrogen-bond acceptors (Lipinski definition) is 4. The molecule has 0 aliphatic heterocycles. The quantitative estimate of drug-likeness (QED) is 0.901. The zero-order chi connectivity index (χ0) is 11.8. The summed E-state index contributed by atoms with van der Waals surface area (Å²) in [5, 5.41) is 2.88. The van der Waals surface area contributed by atoms with Gasteiger partial charge in [0.2, 0.25) is 10.0 Å². The molecule has 0 saturated heterocycles. The predicted octanol–water partition coefficient (Wildman–Crippen LogP) is 1.77. The molecule has 0 aromatic carbocycles. The van der Waals surface area contributed by atoms with Gasteiger partial charge in [-0.15, -0.1) is 11.3 Å². The van der Waals surface area contributed by atoms with Gasteiger partial charge in [-0.05, 0) is 19.8 Å². The first-order valence-electron chi connectivity index (χ1n) is 5.33. The van der Waals surface area contributed by atoms with Crippen LogP contribution in [0.1, 0.15) is 36.4 Å². The minimum atomic E-state index is -3.19. The third-order valence-electron chi connectivity index (χ3n) is 2.87. The second-order valence-electron chi connectivity index (χ2n) is 4.46. The van der Waals surface area contributed by atoms with Crippen LogP contribution in [-0.2, 0) is 15.6 Å². The summed E-state index contributed by atoms with van der Waals surface area (Å²) in [5.41, 5.74) is 0.522. The average Bonchev–Trinajstić information content (AvgIpc) is 2.72. The Kier molecular flexibility index (Phi) is 3.07. The molecule has 90 valence electrons. The van der Waals surface area contributed by atoms with Crippen molar-refractivity contribution in [1.29, 1.82) is 0 Å². The molecule has 2 rings (SSSR count). The molecule has 16 heavy (non-hydrogen) atoms. The lowest BCUT2D eigenvalue weighted by atomic mass is 10.0. The number of aryl methyl sites for hydroxylation is 1. The fourth-order valence-electron chi connectivity index (χ4n) is 2.27. The molecular weight excluding hydrogens is 244 g/mol. The molecule has 0 atom stereocenters. The van der Waals surface area contributed by atoms with Crippen LogP contribution >= 0.6 is 11.3 Å². The van der Waals surface area contributed by atoms with E-state index in [-0.39, 0.29) is 0 Å². The number of hydrogen-bond donors (Lipinski definition) is 1. The van der Waals surface area contributed by atoms with Crippen molar-refractivity contribution >= 4 is 21.4 Å². The maximum Gasteiger partial charge on any atom is 0.209 e. The molecule has 1 aliphatic carbocycles. The second-order valence-corrected chi connectivity index (χ2v) is 7.06. The van der Waals surface area contributed by atoms with Crippen LogP contribution in [0.4, 0.5) is 0 Å². The van der Waals surface area contributed by atoms with Crippen molar-refractivity contribution in [1.82, 2.24) is 9.71 Å². The zero-order valence-electron chi connectivity index (χ0n) is 9.49. The second kappa shape index (κ2) is 4.09. The molecule has 1 aromatic rings. The third-order valence-corrected chi connectivity index (χ3v) is 4.79. The SMILES string of the molecule is Cc1csc(C2(NS(C)(=O)=O)CCCC2)n1. The van der Waals surface area contributed by atoms with E-state index in [1.807, 2.05) is 12.3 Å². The summed E-state index contributed by atoms with van der Waals surface area (Å²) >= 11 is 1.55. The van der Waals surface area contributed by atoms with Gasteiger partial charge in [-0.25, -0.2) is 18.1 Å². The van der Waals surface area contributed by atoms with E-state index in [2.05, 4.69) is 9.71 Å². The Bertz CT molecular complexity index is 473.